The number of anilines is 1. The van der Waals surface area contributed by atoms with Gasteiger partial charge in [-0.05, 0) is 24.3 Å². The highest BCUT2D eigenvalue weighted by molar-refractivity contribution is 5.93. The van der Waals surface area contributed by atoms with E-state index in [4.69, 9.17) is 0 Å². The van der Waals surface area contributed by atoms with E-state index in [-0.39, 0.29) is 0 Å². The van der Waals surface area contributed by atoms with Crippen LogP contribution in [0.2, 0.25) is 0 Å². The molecule has 0 bridgehead atoms. The number of pyridine rings is 3. The summed E-state index contributed by atoms with van der Waals surface area (Å²) in [5, 5.41) is 8.27. The lowest BCUT2D eigenvalue weighted by atomic mass is 10.1. The molecule has 5 aromatic rings. The fourth-order valence-corrected chi connectivity index (χ4v) is 3.03. The second-order valence-electron chi connectivity index (χ2n) is 6.48. The van der Waals surface area contributed by atoms with Gasteiger partial charge in [-0.2, -0.15) is 5.10 Å². The first-order valence-corrected chi connectivity index (χ1v) is 8.47. The number of nitrogens with zero attached hydrogens (tertiary/aromatic N) is 6. The number of fused-ring (bicyclic) bond motifs is 2. The standard InChI is InChI=1S/C19H16N8/c1-27(2)13-6-11(8-20-10-13)12-7-14-16(25-26-17(14)22-9-12)19-23-15-4-3-5-21-18(15)24-19/h3-10H,1-2H3,(H,21,23,24)(H,22,25,26). The zero-order valence-corrected chi connectivity index (χ0v) is 14.8. The van der Waals surface area contributed by atoms with Gasteiger partial charge >= 0.3 is 0 Å². The lowest BCUT2D eigenvalue weighted by Gasteiger charge is -2.12. The summed E-state index contributed by atoms with van der Waals surface area (Å²) in [4.78, 5) is 23.0. The summed E-state index contributed by atoms with van der Waals surface area (Å²) < 4.78 is 0. The Kier molecular flexibility index (Phi) is 3.36. The minimum absolute atomic E-state index is 0.661. The Hall–Kier alpha value is -3.81. The van der Waals surface area contributed by atoms with Crippen molar-refractivity contribution in [2.45, 2.75) is 0 Å². The van der Waals surface area contributed by atoms with Crippen molar-refractivity contribution in [3.63, 3.8) is 0 Å². The molecule has 0 saturated carbocycles. The van der Waals surface area contributed by atoms with Gasteiger partial charge in [0, 0.05) is 43.8 Å². The molecule has 0 radical (unpaired) electrons. The van der Waals surface area contributed by atoms with Crippen LogP contribution >= 0.6 is 0 Å². The maximum Gasteiger partial charge on any atom is 0.161 e. The third kappa shape index (κ3) is 2.58. The summed E-state index contributed by atoms with van der Waals surface area (Å²) in [6, 6.07) is 7.91. The molecule has 0 unspecified atom stereocenters. The highest BCUT2D eigenvalue weighted by Gasteiger charge is 2.15. The number of nitrogens with one attached hydrogen (secondary N) is 2. The minimum atomic E-state index is 0.661. The number of H-pyrrole nitrogens is 2. The normalized spacial score (nSPS) is 11.3. The average Bonchev–Trinajstić information content (AvgIpc) is 3.31. The van der Waals surface area contributed by atoms with Crippen molar-refractivity contribution in [1.29, 1.82) is 0 Å². The third-order valence-corrected chi connectivity index (χ3v) is 4.47. The highest BCUT2D eigenvalue weighted by atomic mass is 15.2. The van der Waals surface area contributed by atoms with Gasteiger partial charge in [-0.3, -0.25) is 10.1 Å². The zero-order valence-electron chi connectivity index (χ0n) is 14.8. The first-order chi connectivity index (χ1) is 13.2. The second-order valence-corrected chi connectivity index (χ2v) is 6.48. The Morgan fingerprint density at radius 1 is 0.963 bits per heavy atom. The molecule has 5 aromatic heterocycles. The minimum Gasteiger partial charge on any atom is -0.376 e. The van der Waals surface area contributed by atoms with Gasteiger partial charge in [-0.25, -0.2) is 15.0 Å². The molecule has 132 valence electrons. The summed E-state index contributed by atoms with van der Waals surface area (Å²) >= 11 is 0. The summed E-state index contributed by atoms with van der Waals surface area (Å²) in [7, 11) is 3.98. The Morgan fingerprint density at radius 3 is 2.70 bits per heavy atom. The van der Waals surface area contributed by atoms with E-state index in [1.807, 2.05) is 49.7 Å². The van der Waals surface area contributed by atoms with Crippen molar-refractivity contribution < 1.29 is 0 Å². The molecule has 0 aromatic carbocycles. The van der Waals surface area contributed by atoms with Crippen LogP contribution in [0.1, 0.15) is 0 Å². The number of hydrogen-bond donors (Lipinski definition) is 2. The summed E-state index contributed by atoms with van der Waals surface area (Å²) in [6.45, 7) is 0. The van der Waals surface area contributed by atoms with Crippen LogP contribution in [-0.2, 0) is 0 Å². The van der Waals surface area contributed by atoms with Crippen LogP contribution in [0.4, 0.5) is 5.69 Å². The molecule has 0 aliphatic heterocycles. The second kappa shape index (κ2) is 5.87. The van der Waals surface area contributed by atoms with Crippen molar-refractivity contribution in [2.75, 3.05) is 19.0 Å². The van der Waals surface area contributed by atoms with Gasteiger partial charge in [0.25, 0.3) is 0 Å². The van der Waals surface area contributed by atoms with Gasteiger partial charge in [0.1, 0.15) is 11.2 Å². The Bertz CT molecular complexity index is 1230. The maximum absolute atomic E-state index is 4.60. The first kappa shape index (κ1) is 15.4. The van der Waals surface area contributed by atoms with E-state index in [1.165, 1.54) is 0 Å². The molecule has 8 heteroatoms. The molecule has 5 heterocycles. The van der Waals surface area contributed by atoms with Crippen molar-refractivity contribution in [3.8, 4) is 22.6 Å². The molecular weight excluding hydrogens is 340 g/mol. The Balaban J connectivity index is 1.65. The van der Waals surface area contributed by atoms with Crippen LogP contribution in [0.25, 0.3) is 44.8 Å². The van der Waals surface area contributed by atoms with E-state index in [0.717, 1.165) is 33.4 Å². The maximum atomic E-state index is 4.60. The SMILES string of the molecule is CN(C)c1cncc(-c2cnc3[nH]nc(-c4nc5cccnc5[nH]4)c3c2)c1. The van der Waals surface area contributed by atoms with E-state index in [9.17, 15) is 0 Å². The average molecular weight is 356 g/mol. The topological polar surface area (TPSA) is 99.3 Å². The molecule has 0 aliphatic carbocycles. The number of aromatic amines is 2. The van der Waals surface area contributed by atoms with Crippen LogP contribution in [0.3, 0.4) is 0 Å². The predicted molar refractivity (Wildman–Crippen MR) is 104 cm³/mol. The largest absolute Gasteiger partial charge is 0.376 e. The molecule has 0 saturated heterocycles. The Morgan fingerprint density at radius 2 is 1.85 bits per heavy atom. The number of rotatable bonds is 3. The zero-order chi connectivity index (χ0) is 18.4. The molecule has 0 amide bonds. The lowest BCUT2D eigenvalue weighted by molar-refractivity contribution is 1.09. The first-order valence-electron chi connectivity index (χ1n) is 8.47. The smallest absolute Gasteiger partial charge is 0.161 e. The molecule has 0 fully saturated rings. The fourth-order valence-electron chi connectivity index (χ4n) is 3.03. The van der Waals surface area contributed by atoms with Crippen LogP contribution < -0.4 is 4.90 Å². The van der Waals surface area contributed by atoms with Crippen molar-refractivity contribution in [1.82, 2.24) is 35.1 Å². The van der Waals surface area contributed by atoms with Gasteiger partial charge < -0.3 is 9.88 Å². The van der Waals surface area contributed by atoms with Crippen LogP contribution in [0, 0.1) is 0 Å². The van der Waals surface area contributed by atoms with Gasteiger partial charge in [0.05, 0.1) is 17.3 Å². The quantitative estimate of drug-likeness (QED) is 0.515. The third-order valence-electron chi connectivity index (χ3n) is 4.47. The number of hydrogen-bond acceptors (Lipinski definition) is 6. The molecule has 27 heavy (non-hydrogen) atoms. The van der Waals surface area contributed by atoms with Crippen LogP contribution in [0.15, 0.2) is 49.1 Å². The molecule has 5 rings (SSSR count). The monoisotopic (exact) mass is 356 g/mol. The van der Waals surface area contributed by atoms with Crippen LogP contribution in [-0.4, -0.2) is 49.2 Å². The summed E-state index contributed by atoms with van der Waals surface area (Å²) in [6.07, 6.45) is 7.22. The predicted octanol–water partition coefficient (Wildman–Crippen LogP) is 3.02. The van der Waals surface area contributed by atoms with Gasteiger partial charge in [-0.1, -0.05) is 0 Å². The van der Waals surface area contributed by atoms with E-state index in [1.54, 1.807) is 6.20 Å². The van der Waals surface area contributed by atoms with Crippen molar-refractivity contribution in [3.05, 3.63) is 49.1 Å². The molecule has 8 nitrogen and oxygen atoms in total. The highest BCUT2D eigenvalue weighted by Crippen LogP contribution is 2.29. The van der Waals surface area contributed by atoms with E-state index >= 15 is 0 Å². The molecule has 2 N–H and O–H groups in total. The van der Waals surface area contributed by atoms with Gasteiger partial charge in [0.15, 0.2) is 17.1 Å². The summed E-state index contributed by atoms with van der Waals surface area (Å²) in [5.41, 5.74) is 5.95. The van der Waals surface area contributed by atoms with Gasteiger partial charge in [0.2, 0.25) is 0 Å². The molecular formula is C19H16N8. The van der Waals surface area contributed by atoms with E-state index in [2.05, 4.69) is 47.2 Å². The molecule has 0 spiro atoms. The van der Waals surface area contributed by atoms with E-state index < -0.39 is 0 Å². The lowest BCUT2D eigenvalue weighted by Crippen LogP contribution is -2.08. The molecule has 0 aliphatic rings. The van der Waals surface area contributed by atoms with Crippen LogP contribution in [0.5, 0.6) is 0 Å². The van der Waals surface area contributed by atoms with Crippen molar-refractivity contribution in [2.24, 2.45) is 0 Å². The van der Waals surface area contributed by atoms with E-state index in [0.29, 0.717) is 17.2 Å². The number of imidazole rings is 1. The van der Waals surface area contributed by atoms with Gasteiger partial charge in [-0.15, -0.1) is 0 Å². The fraction of sp³-hybridized carbons (Fsp3) is 0.105. The van der Waals surface area contributed by atoms with Crippen molar-refractivity contribution >= 4 is 27.9 Å². The summed E-state index contributed by atoms with van der Waals surface area (Å²) in [5.74, 6) is 0.661. The Labute approximate surface area is 154 Å². The molecule has 0 atom stereocenters. The number of aromatic nitrogens is 7.